The van der Waals surface area contributed by atoms with E-state index in [4.69, 9.17) is 4.74 Å². The smallest absolute Gasteiger partial charge is 0.262 e. The number of nitrogens with zero attached hydrogens (tertiary/aromatic N) is 4. The molecule has 0 aliphatic heterocycles. The van der Waals surface area contributed by atoms with Crippen molar-refractivity contribution in [2.45, 2.75) is 25.0 Å². The minimum Gasteiger partial charge on any atom is -0.497 e. The van der Waals surface area contributed by atoms with Gasteiger partial charge in [-0.25, -0.2) is 4.39 Å². The third-order valence-corrected chi connectivity index (χ3v) is 5.62. The molecule has 2 heterocycles. The number of carbonyl (C=O) groups is 1. The van der Waals surface area contributed by atoms with Gasteiger partial charge in [-0.2, -0.15) is 0 Å². The van der Waals surface area contributed by atoms with Crippen molar-refractivity contribution < 1.29 is 13.9 Å². The molecular weight excluding hydrogens is 421 g/mol. The number of carbonyl (C=O) groups excluding carboxylic acids is 1. The highest BCUT2D eigenvalue weighted by Gasteiger charge is 2.18. The van der Waals surface area contributed by atoms with Crippen LogP contribution in [0, 0.1) is 5.82 Å². The first-order chi connectivity index (χ1) is 15.0. The van der Waals surface area contributed by atoms with E-state index in [0.717, 1.165) is 0 Å². The normalized spacial score (nSPS) is 11.2. The zero-order valence-corrected chi connectivity index (χ0v) is 17.8. The van der Waals surface area contributed by atoms with Crippen molar-refractivity contribution >= 4 is 40.0 Å². The molecule has 0 radical (unpaired) electrons. The number of aromatic nitrogens is 4. The fourth-order valence-corrected chi connectivity index (χ4v) is 4.02. The first-order valence-electron chi connectivity index (χ1n) is 9.65. The molecular formula is C21H20FN5O3S. The number of anilines is 1. The van der Waals surface area contributed by atoms with E-state index in [1.54, 1.807) is 35.8 Å². The van der Waals surface area contributed by atoms with E-state index in [-0.39, 0.29) is 22.6 Å². The molecule has 10 heteroatoms. The van der Waals surface area contributed by atoms with Crippen LogP contribution in [0.25, 0.3) is 16.7 Å². The van der Waals surface area contributed by atoms with Crippen LogP contribution < -0.4 is 15.6 Å². The molecule has 4 rings (SSSR count). The summed E-state index contributed by atoms with van der Waals surface area (Å²) in [6, 6.07) is 11.0. The number of aryl methyl sites for hydroxylation is 1. The minimum atomic E-state index is -0.492. The van der Waals surface area contributed by atoms with E-state index in [0.29, 0.717) is 40.9 Å². The van der Waals surface area contributed by atoms with Gasteiger partial charge in [-0.3, -0.25) is 18.6 Å². The molecule has 0 aliphatic rings. The molecule has 0 atom stereocenters. The second-order valence-electron chi connectivity index (χ2n) is 6.80. The molecule has 1 N–H and O–H groups in total. The van der Waals surface area contributed by atoms with Crippen molar-refractivity contribution in [2.75, 3.05) is 18.2 Å². The molecule has 0 fully saturated rings. The summed E-state index contributed by atoms with van der Waals surface area (Å²) in [7, 11) is 1.57. The van der Waals surface area contributed by atoms with Crippen LogP contribution in [-0.2, 0) is 11.3 Å². The maximum absolute atomic E-state index is 13.8. The summed E-state index contributed by atoms with van der Waals surface area (Å²) in [4.78, 5) is 25.2. The van der Waals surface area contributed by atoms with Gasteiger partial charge < -0.3 is 10.1 Å². The maximum atomic E-state index is 13.8. The summed E-state index contributed by atoms with van der Waals surface area (Å²) < 4.78 is 22.1. The summed E-state index contributed by atoms with van der Waals surface area (Å²) in [6.07, 6.45) is 0.704. The van der Waals surface area contributed by atoms with E-state index < -0.39 is 5.82 Å². The van der Waals surface area contributed by atoms with E-state index in [9.17, 15) is 14.0 Å². The van der Waals surface area contributed by atoms with Crippen LogP contribution in [-0.4, -0.2) is 37.9 Å². The Morgan fingerprint density at radius 1 is 1.19 bits per heavy atom. The Kier molecular flexibility index (Phi) is 5.90. The summed E-state index contributed by atoms with van der Waals surface area (Å²) in [6.45, 7) is 2.36. The lowest BCUT2D eigenvalue weighted by Gasteiger charge is -2.10. The molecule has 4 aromatic rings. The molecule has 0 saturated carbocycles. The molecule has 160 valence electrons. The Morgan fingerprint density at radius 3 is 2.68 bits per heavy atom. The Labute approximate surface area is 181 Å². The lowest BCUT2D eigenvalue weighted by molar-refractivity contribution is -0.113. The van der Waals surface area contributed by atoms with Crippen LogP contribution in [0.4, 0.5) is 10.1 Å². The second-order valence-corrected chi connectivity index (χ2v) is 7.74. The highest BCUT2D eigenvalue weighted by Crippen LogP contribution is 2.23. The highest BCUT2D eigenvalue weighted by molar-refractivity contribution is 7.99. The number of methoxy groups -OCH3 is 1. The predicted molar refractivity (Wildman–Crippen MR) is 117 cm³/mol. The van der Waals surface area contributed by atoms with Crippen LogP contribution in [0.5, 0.6) is 5.75 Å². The Hall–Kier alpha value is -3.40. The average Bonchev–Trinajstić information content (AvgIpc) is 3.19. The second kappa shape index (κ2) is 8.76. The number of nitrogens with one attached hydrogen (secondary N) is 1. The zero-order valence-electron chi connectivity index (χ0n) is 17.0. The molecule has 0 saturated heterocycles. The van der Waals surface area contributed by atoms with Crippen LogP contribution >= 0.6 is 11.8 Å². The Morgan fingerprint density at radius 2 is 1.97 bits per heavy atom. The van der Waals surface area contributed by atoms with E-state index >= 15 is 0 Å². The van der Waals surface area contributed by atoms with Gasteiger partial charge in [0.1, 0.15) is 11.6 Å². The molecule has 1 amide bonds. The van der Waals surface area contributed by atoms with E-state index in [1.807, 2.05) is 6.92 Å². The van der Waals surface area contributed by atoms with Crippen LogP contribution in [0.1, 0.15) is 13.3 Å². The fraction of sp³-hybridized carbons (Fsp3) is 0.238. The zero-order chi connectivity index (χ0) is 22.0. The predicted octanol–water partition coefficient (Wildman–Crippen LogP) is 3.33. The number of ether oxygens (including phenoxy) is 1. The molecule has 0 aliphatic carbocycles. The Balaban J connectivity index is 1.64. The quantitative estimate of drug-likeness (QED) is 0.443. The van der Waals surface area contributed by atoms with Crippen molar-refractivity contribution in [1.82, 2.24) is 19.2 Å². The summed E-state index contributed by atoms with van der Waals surface area (Å²) in [5.74, 6) is 0.438. The fourth-order valence-electron chi connectivity index (χ4n) is 3.28. The van der Waals surface area contributed by atoms with E-state index in [1.165, 1.54) is 34.5 Å². The van der Waals surface area contributed by atoms with Gasteiger partial charge in [0, 0.05) is 12.2 Å². The van der Waals surface area contributed by atoms with Gasteiger partial charge in [0.2, 0.25) is 11.7 Å². The van der Waals surface area contributed by atoms with Crippen molar-refractivity contribution in [3.8, 4) is 5.75 Å². The third kappa shape index (κ3) is 4.11. The van der Waals surface area contributed by atoms with Crippen LogP contribution in [0.15, 0.2) is 52.4 Å². The molecule has 8 nitrogen and oxygen atoms in total. The Bertz CT molecular complexity index is 1320. The van der Waals surface area contributed by atoms with Gasteiger partial charge in [0.05, 0.1) is 23.8 Å². The number of benzene rings is 2. The lowest BCUT2D eigenvalue weighted by Crippen LogP contribution is -2.23. The van der Waals surface area contributed by atoms with Crippen molar-refractivity contribution in [3.05, 3.63) is 58.6 Å². The molecule has 0 spiro atoms. The molecule has 2 aromatic carbocycles. The number of rotatable bonds is 7. The largest absolute Gasteiger partial charge is 0.497 e. The van der Waals surface area contributed by atoms with Gasteiger partial charge in [0.15, 0.2) is 5.16 Å². The van der Waals surface area contributed by atoms with E-state index in [2.05, 4.69) is 15.5 Å². The number of hydrogen-bond donors (Lipinski definition) is 1. The van der Waals surface area contributed by atoms with Gasteiger partial charge in [-0.15, -0.1) is 10.2 Å². The first kappa shape index (κ1) is 20.9. The van der Waals surface area contributed by atoms with Crippen LogP contribution in [0.3, 0.4) is 0 Å². The monoisotopic (exact) mass is 441 g/mol. The van der Waals surface area contributed by atoms with Gasteiger partial charge in [-0.1, -0.05) is 18.7 Å². The summed E-state index contributed by atoms with van der Waals surface area (Å²) >= 11 is 1.19. The van der Waals surface area contributed by atoms with Gasteiger partial charge >= 0.3 is 0 Å². The number of halogens is 1. The standard InChI is InChI=1S/C21H20FN5O3S/c1-3-10-26-19(29)16-11-13(22)4-9-17(16)27-20(26)24-25-21(27)31-12-18(28)23-14-5-7-15(30-2)8-6-14/h4-9,11H,3,10,12H2,1-2H3,(H,23,28). The first-order valence-corrected chi connectivity index (χ1v) is 10.6. The number of hydrogen-bond acceptors (Lipinski definition) is 6. The molecule has 0 unspecified atom stereocenters. The third-order valence-electron chi connectivity index (χ3n) is 4.69. The number of amides is 1. The maximum Gasteiger partial charge on any atom is 0.262 e. The van der Waals surface area contributed by atoms with Crippen molar-refractivity contribution in [1.29, 1.82) is 0 Å². The van der Waals surface area contributed by atoms with Crippen molar-refractivity contribution in [2.24, 2.45) is 0 Å². The topological polar surface area (TPSA) is 90.5 Å². The average molecular weight is 441 g/mol. The van der Waals surface area contributed by atoms with Crippen molar-refractivity contribution in [3.63, 3.8) is 0 Å². The summed E-state index contributed by atoms with van der Waals surface area (Å²) in [5.41, 5.74) is 0.831. The molecule has 0 bridgehead atoms. The minimum absolute atomic E-state index is 0.0857. The summed E-state index contributed by atoms with van der Waals surface area (Å²) in [5, 5.41) is 11.8. The molecule has 2 aromatic heterocycles. The van der Waals surface area contributed by atoms with Gasteiger partial charge in [0.25, 0.3) is 5.56 Å². The van der Waals surface area contributed by atoms with Gasteiger partial charge in [-0.05, 0) is 48.9 Å². The lowest BCUT2D eigenvalue weighted by atomic mass is 10.2. The number of thioether (sulfide) groups is 1. The number of fused-ring (bicyclic) bond motifs is 3. The highest BCUT2D eigenvalue weighted by atomic mass is 32.2. The van der Waals surface area contributed by atoms with Crippen LogP contribution in [0.2, 0.25) is 0 Å². The molecule has 31 heavy (non-hydrogen) atoms. The SMILES string of the molecule is CCCn1c(=O)c2cc(F)ccc2n2c(SCC(=O)Nc3ccc(OC)cc3)nnc12.